The molecule has 0 amide bonds. The summed E-state index contributed by atoms with van der Waals surface area (Å²) in [5.41, 5.74) is 3.55. The van der Waals surface area contributed by atoms with Gasteiger partial charge in [-0.3, -0.25) is 9.97 Å². The number of hydrogen-bond acceptors (Lipinski definition) is 2. The molecule has 0 bridgehead atoms. The van der Waals surface area contributed by atoms with Crippen molar-refractivity contribution in [3.8, 4) is 0 Å². The molecular formula is C16H22N2. The van der Waals surface area contributed by atoms with Gasteiger partial charge in [0.05, 0.1) is 11.7 Å². The van der Waals surface area contributed by atoms with Crippen molar-refractivity contribution in [2.75, 3.05) is 0 Å². The van der Waals surface area contributed by atoms with Gasteiger partial charge >= 0.3 is 0 Å². The molecule has 0 unspecified atom stereocenters. The summed E-state index contributed by atoms with van der Waals surface area (Å²) in [5, 5.41) is 1.18. The van der Waals surface area contributed by atoms with Crippen LogP contribution in [0.25, 0.3) is 10.9 Å². The Morgan fingerprint density at radius 2 is 1.44 bits per heavy atom. The van der Waals surface area contributed by atoms with Gasteiger partial charge in [0.2, 0.25) is 0 Å². The zero-order valence-corrected chi connectivity index (χ0v) is 12.2. The summed E-state index contributed by atoms with van der Waals surface area (Å²) >= 11 is 0. The quantitative estimate of drug-likeness (QED) is 0.691. The summed E-state index contributed by atoms with van der Waals surface area (Å²) in [6.45, 7) is 13.2. The predicted octanol–water partition coefficient (Wildman–Crippen LogP) is 4.22. The fraction of sp³-hybridized carbons (Fsp3) is 0.500. The van der Waals surface area contributed by atoms with E-state index in [0.29, 0.717) is 0 Å². The van der Waals surface area contributed by atoms with Crippen LogP contribution in [0.15, 0.2) is 24.5 Å². The summed E-state index contributed by atoms with van der Waals surface area (Å²) < 4.78 is 0. The van der Waals surface area contributed by atoms with Crippen LogP contribution in [0.4, 0.5) is 0 Å². The van der Waals surface area contributed by atoms with E-state index in [0.717, 1.165) is 11.2 Å². The topological polar surface area (TPSA) is 25.8 Å². The van der Waals surface area contributed by atoms with Gasteiger partial charge in [0.1, 0.15) is 0 Å². The minimum Gasteiger partial charge on any atom is -0.258 e. The Labute approximate surface area is 109 Å². The lowest BCUT2D eigenvalue weighted by molar-refractivity contribution is 0.570. The summed E-state index contributed by atoms with van der Waals surface area (Å²) in [4.78, 5) is 9.02. The van der Waals surface area contributed by atoms with Crippen LogP contribution in [0, 0.1) is 0 Å². The highest BCUT2D eigenvalue weighted by Gasteiger charge is 2.18. The van der Waals surface area contributed by atoms with Gasteiger partial charge in [0.25, 0.3) is 0 Å². The highest BCUT2D eigenvalue weighted by Crippen LogP contribution is 2.27. The molecule has 2 aromatic heterocycles. The summed E-state index contributed by atoms with van der Waals surface area (Å²) in [6.07, 6.45) is 3.84. The van der Waals surface area contributed by atoms with Crippen molar-refractivity contribution in [3.05, 3.63) is 35.8 Å². The molecule has 0 aliphatic heterocycles. The molecule has 2 heterocycles. The van der Waals surface area contributed by atoms with Crippen molar-refractivity contribution in [1.29, 1.82) is 0 Å². The third-order valence-electron chi connectivity index (χ3n) is 3.20. The van der Waals surface area contributed by atoms with Crippen LogP contribution in [0.2, 0.25) is 0 Å². The van der Waals surface area contributed by atoms with Gasteiger partial charge in [-0.1, -0.05) is 41.5 Å². The van der Waals surface area contributed by atoms with E-state index < -0.39 is 0 Å². The minimum absolute atomic E-state index is 0.0753. The largest absolute Gasteiger partial charge is 0.258 e. The Morgan fingerprint density at radius 3 is 2.00 bits per heavy atom. The summed E-state index contributed by atoms with van der Waals surface area (Å²) in [5.74, 6) is 0. The maximum Gasteiger partial charge on any atom is 0.0885 e. The Hall–Kier alpha value is -1.44. The van der Waals surface area contributed by atoms with E-state index in [1.165, 1.54) is 10.9 Å². The van der Waals surface area contributed by atoms with E-state index >= 15 is 0 Å². The molecule has 2 heteroatoms. The van der Waals surface area contributed by atoms with Crippen molar-refractivity contribution >= 4 is 10.9 Å². The van der Waals surface area contributed by atoms with Gasteiger partial charge in [-0.05, 0) is 23.1 Å². The molecule has 18 heavy (non-hydrogen) atoms. The fourth-order valence-corrected chi connectivity index (χ4v) is 1.85. The van der Waals surface area contributed by atoms with Crippen molar-refractivity contribution in [2.45, 2.75) is 52.4 Å². The molecule has 2 nitrogen and oxygen atoms in total. The van der Waals surface area contributed by atoms with Gasteiger partial charge in [0, 0.05) is 22.7 Å². The third-order valence-corrected chi connectivity index (χ3v) is 3.20. The monoisotopic (exact) mass is 242 g/mol. The molecule has 96 valence electrons. The van der Waals surface area contributed by atoms with Gasteiger partial charge in [-0.25, -0.2) is 0 Å². The van der Waals surface area contributed by atoms with Crippen molar-refractivity contribution in [2.24, 2.45) is 0 Å². The van der Waals surface area contributed by atoms with E-state index in [-0.39, 0.29) is 10.8 Å². The molecule has 0 fully saturated rings. The smallest absolute Gasteiger partial charge is 0.0885 e. The molecule has 0 saturated heterocycles. The van der Waals surface area contributed by atoms with Gasteiger partial charge in [0.15, 0.2) is 0 Å². The molecule has 0 atom stereocenters. The Kier molecular flexibility index (Phi) is 2.92. The summed E-state index contributed by atoms with van der Waals surface area (Å²) in [7, 11) is 0. The molecule has 0 radical (unpaired) electrons. The Morgan fingerprint density at radius 1 is 0.778 bits per heavy atom. The average Bonchev–Trinajstić information content (AvgIpc) is 2.25. The van der Waals surface area contributed by atoms with E-state index in [9.17, 15) is 0 Å². The van der Waals surface area contributed by atoms with Crippen LogP contribution < -0.4 is 0 Å². The molecule has 0 aliphatic rings. The van der Waals surface area contributed by atoms with Crippen molar-refractivity contribution in [3.63, 3.8) is 0 Å². The molecule has 0 aromatic carbocycles. The zero-order chi connectivity index (χ0) is 13.6. The minimum atomic E-state index is 0.0753. The number of aromatic nitrogens is 2. The molecule has 0 aliphatic carbocycles. The molecule has 0 spiro atoms. The first-order valence-corrected chi connectivity index (χ1v) is 6.45. The summed E-state index contributed by atoms with van der Waals surface area (Å²) in [6, 6.07) is 4.40. The molecular weight excluding hydrogens is 220 g/mol. The number of fused-ring (bicyclic) bond motifs is 1. The van der Waals surface area contributed by atoms with Crippen LogP contribution in [-0.4, -0.2) is 9.97 Å². The second kappa shape index (κ2) is 4.04. The normalized spacial score (nSPS) is 13.0. The standard InChI is InChI=1S/C16H22N2/c1-15(2,3)12-7-11-8-14(16(4,5)6)18-10-13(11)17-9-12/h7-10H,1-6H3. The van der Waals surface area contributed by atoms with Crippen LogP contribution >= 0.6 is 0 Å². The van der Waals surface area contributed by atoms with Crippen LogP contribution in [-0.2, 0) is 10.8 Å². The highest BCUT2D eigenvalue weighted by molar-refractivity contribution is 5.78. The second-order valence-corrected chi connectivity index (χ2v) is 6.99. The number of hydrogen-bond donors (Lipinski definition) is 0. The second-order valence-electron chi connectivity index (χ2n) is 6.99. The molecule has 0 saturated carbocycles. The van der Waals surface area contributed by atoms with E-state index in [1.807, 2.05) is 12.4 Å². The average molecular weight is 242 g/mol. The van der Waals surface area contributed by atoms with Crippen LogP contribution in [0.1, 0.15) is 52.8 Å². The lowest BCUT2D eigenvalue weighted by atomic mass is 9.87. The van der Waals surface area contributed by atoms with Crippen molar-refractivity contribution < 1.29 is 0 Å². The third kappa shape index (κ3) is 2.53. The number of rotatable bonds is 0. The van der Waals surface area contributed by atoms with E-state index in [2.05, 4.69) is 63.6 Å². The van der Waals surface area contributed by atoms with Gasteiger partial charge in [-0.2, -0.15) is 0 Å². The maximum absolute atomic E-state index is 4.51. The molecule has 0 N–H and O–H groups in total. The van der Waals surface area contributed by atoms with Crippen LogP contribution in [0.5, 0.6) is 0 Å². The SMILES string of the molecule is CC(C)(C)c1cnc2cnc(C(C)(C)C)cc2c1. The number of pyridine rings is 2. The lowest BCUT2D eigenvalue weighted by Crippen LogP contribution is -2.14. The first-order valence-electron chi connectivity index (χ1n) is 6.45. The Balaban J connectivity index is 2.61. The zero-order valence-electron chi connectivity index (χ0n) is 12.2. The first kappa shape index (κ1) is 13.0. The van der Waals surface area contributed by atoms with Crippen molar-refractivity contribution in [1.82, 2.24) is 9.97 Å². The first-order chi connectivity index (χ1) is 8.18. The molecule has 2 aromatic rings. The Bertz CT molecular complexity index is 523. The predicted molar refractivity (Wildman–Crippen MR) is 76.9 cm³/mol. The van der Waals surface area contributed by atoms with Gasteiger partial charge in [-0.15, -0.1) is 0 Å². The highest BCUT2D eigenvalue weighted by atomic mass is 14.7. The maximum atomic E-state index is 4.51. The lowest BCUT2D eigenvalue weighted by Gasteiger charge is -2.20. The van der Waals surface area contributed by atoms with Gasteiger partial charge < -0.3 is 0 Å². The van der Waals surface area contributed by atoms with Crippen LogP contribution in [0.3, 0.4) is 0 Å². The van der Waals surface area contributed by atoms with E-state index in [4.69, 9.17) is 0 Å². The fourth-order valence-electron chi connectivity index (χ4n) is 1.85. The van der Waals surface area contributed by atoms with E-state index in [1.54, 1.807) is 0 Å². The molecule has 2 rings (SSSR count). The number of nitrogens with zero attached hydrogens (tertiary/aromatic N) is 2.